The first kappa shape index (κ1) is 14.1. The van der Waals surface area contributed by atoms with E-state index in [0.29, 0.717) is 13.1 Å². The van der Waals surface area contributed by atoms with Crippen LogP contribution in [0.1, 0.15) is 19.3 Å². The highest BCUT2D eigenvalue weighted by atomic mass is 32.1. The van der Waals surface area contributed by atoms with Gasteiger partial charge in [-0.3, -0.25) is 0 Å². The molecule has 1 fully saturated rings. The summed E-state index contributed by atoms with van der Waals surface area (Å²) in [6.45, 7) is 0.693. The van der Waals surface area contributed by atoms with Crippen LogP contribution in [0.25, 0.3) is 0 Å². The molecular formula is C11H14F5NS. The molecule has 1 atom stereocenters. The Kier molecular flexibility index (Phi) is 3.43. The van der Waals surface area contributed by atoms with E-state index in [1.165, 1.54) is 0 Å². The summed E-state index contributed by atoms with van der Waals surface area (Å²) in [5.74, 6) is -10.2. The van der Waals surface area contributed by atoms with E-state index in [1.54, 1.807) is 0 Å². The first-order valence-corrected chi connectivity index (χ1v) is 6.23. The van der Waals surface area contributed by atoms with Gasteiger partial charge in [0.05, 0.1) is 0 Å². The highest BCUT2D eigenvalue weighted by molar-refractivity contribution is 7.84. The maximum atomic E-state index is 14.7. The number of thiol groups is 1. The van der Waals surface area contributed by atoms with E-state index in [4.69, 9.17) is 0 Å². The van der Waals surface area contributed by atoms with Gasteiger partial charge in [0.2, 0.25) is 5.67 Å². The van der Waals surface area contributed by atoms with Crippen molar-refractivity contribution < 1.29 is 22.0 Å². The van der Waals surface area contributed by atoms with Crippen molar-refractivity contribution in [1.29, 1.82) is 0 Å². The Morgan fingerprint density at radius 1 is 1.11 bits per heavy atom. The van der Waals surface area contributed by atoms with Gasteiger partial charge in [-0.1, -0.05) is 6.08 Å². The van der Waals surface area contributed by atoms with Crippen molar-refractivity contribution in [3.63, 3.8) is 0 Å². The van der Waals surface area contributed by atoms with Crippen LogP contribution in [0.5, 0.6) is 0 Å². The van der Waals surface area contributed by atoms with E-state index in [1.807, 2.05) is 0 Å². The molecule has 0 bridgehead atoms. The van der Waals surface area contributed by atoms with E-state index < -0.39 is 34.8 Å². The fourth-order valence-electron chi connectivity index (χ4n) is 2.61. The Balaban J connectivity index is 2.43. The van der Waals surface area contributed by atoms with E-state index >= 15 is 0 Å². The first-order valence-electron chi connectivity index (χ1n) is 5.78. The van der Waals surface area contributed by atoms with Gasteiger partial charge in [-0.2, -0.15) is 17.6 Å². The zero-order valence-electron chi connectivity index (χ0n) is 9.53. The minimum absolute atomic E-state index is 0.0973. The number of rotatable bonds is 1. The molecule has 2 aliphatic rings. The molecule has 0 saturated carbocycles. The van der Waals surface area contributed by atoms with Crippen molar-refractivity contribution >= 4 is 12.6 Å². The fraction of sp³-hybridized carbons (Fsp3) is 0.818. The number of hydrogen-bond donors (Lipinski definition) is 2. The van der Waals surface area contributed by atoms with Crippen LogP contribution in [-0.4, -0.2) is 30.6 Å². The van der Waals surface area contributed by atoms with Gasteiger partial charge in [0, 0.05) is 17.2 Å². The highest BCUT2D eigenvalue weighted by Crippen LogP contribution is 2.58. The van der Waals surface area contributed by atoms with Crippen molar-refractivity contribution in [2.45, 2.75) is 36.8 Å². The molecule has 2 rings (SSSR count). The molecule has 0 aromatic carbocycles. The summed E-state index contributed by atoms with van der Waals surface area (Å²) in [5.41, 5.74) is -3.36. The molecule has 104 valence electrons. The first-order chi connectivity index (χ1) is 8.23. The molecule has 1 unspecified atom stereocenters. The third-order valence-electron chi connectivity index (χ3n) is 3.74. The molecule has 0 spiro atoms. The van der Waals surface area contributed by atoms with Crippen molar-refractivity contribution in [3.8, 4) is 0 Å². The summed E-state index contributed by atoms with van der Waals surface area (Å²) >= 11 is 3.70. The van der Waals surface area contributed by atoms with Crippen LogP contribution in [0.4, 0.5) is 22.0 Å². The maximum absolute atomic E-state index is 14.7. The number of nitrogens with one attached hydrogen (secondary N) is 1. The Bertz CT molecular complexity index is 364. The van der Waals surface area contributed by atoms with Crippen molar-refractivity contribution in [2.24, 2.45) is 5.92 Å². The monoisotopic (exact) mass is 287 g/mol. The van der Waals surface area contributed by atoms with Gasteiger partial charge in [-0.15, -0.1) is 12.6 Å². The standard InChI is InChI=1S/C11H14F5NS/c12-9(13)4-1-8(18)10(14,11(9,15)16)7-2-5-17-6-3-7/h1,7,17-18H,2-6H2. The average molecular weight is 287 g/mol. The van der Waals surface area contributed by atoms with Gasteiger partial charge in [-0.25, -0.2) is 4.39 Å². The summed E-state index contributed by atoms with van der Waals surface area (Å²) in [6.07, 6.45) is -0.196. The lowest BCUT2D eigenvalue weighted by molar-refractivity contribution is -0.277. The number of allylic oxidation sites excluding steroid dienone is 2. The van der Waals surface area contributed by atoms with Crippen LogP contribution < -0.4 is 5.32 Å². The zero-order valence-corrected chi connectivity index (χ0v) is 10.4. The topological polar surface area (TPSA) is 12.0 Å². The predicted molar refractivity (Wildman–Crippen MR) is 61.0 cm³/mol. The van der Waals surface area contributed by atoms with Crippen molar-refractivity contribution in [2.75, 3.05) is 13.1 Å². The Labute approximate surface area is 107 Å². The predicted octanol–water partition coefficient (Wildman–Crippen LogP) is 3.18. The molecule has 0 radical (unpaired) electrons. The average Bonchev–Trinajstić information content (AvgIpc) is 2.34. The molecule has 1 aliphatic carbocycles. The second-order valence-corrected chi connectivity index (χ2v) is 5.29. The molecule has 1 aliphatic heterocycles. The molecule has 0 aromatic heterocycles. The molecule has 1 nitrogen and oxygen atoms in total. The minimum atomic E-state index is -4.71. The van der Waals surface area contributed by atoms with Crippen LogP contribution >= 0.6 is 12.6 Å². The second-order valence-electron chi connectivity index (χ2n) is 4.81. The van der Waals surface area contributed by atoms with Gasteiger partial charge < -0.3 is 5.32 Å². The number of piperidine rings is 1. The molecule has 0 amide bonds. The van der Waals surface area contributed by atoms with Gasteiger partial charge in [0.15, 0.2) is 0 Å². The lowest BCUT2D eigenvalue weighted by atomic mass is 9.72. The van der Waals surface area contributed by atoms with Crippen molar-refractivity contribution in [1.82, 2.24) is 5.32 Å². The van der Waals surface area contributed by atoms with Gasteiger partial charge >= 0.3 is 11.8 Å². The minimum Gasteiger partial charge on any atom is -0.317 e. The second kappa shape index (κ2) is 4.37. The normalized spacial score (nSPS) is 36.2. The number of alkyl halides is 5. The van der Waals surface area contributed by atoms with Gasteiger partial charge in [0.1, 0.15) is 0 Å². The summed E-state index contributed by atoms with van der Waals surface area (Å²) in [4.78, 5) is -0.565. The quantitative estimate of drug-likeness (QED) is 0.557. The summed E-state index contributed by atoms with van der Waals surface area (Å²) < 4.78 is 69.0. The van der Waals surface area contributed by atoms with E-state index in [-0.39, 0.29) is 12.8 Å². The largest absolute Gasteiger partial charge is 0.348 e. The molecule has 1 saturated heterocycles. The molecule has 1 heterocycles. The Hall–Kier alpha value is -0.300. The molecular weight excluding hydrogens is 273 g/mol. The van der Waals surface area contributed by atoms with E-state index in [0.717, 1.165) is 6.08 Å². The summed E-state index contributed by atoms with van der Waals surface area (Å²) in [7, 11) is 0. The third kappa shape index (κ3) is 1.78. The lowest BCUT2D eigenvalue weighted by Crippen LogP contribution is -2.63. The molecule has 1 N–H and O–H groups in total. The maximum Gasteiger partial charge on any atom is 0.348 e. The van der Waals surface area contributed by atoms with Crippen molar-refractivity contribution in [3.05, 3.63) is 11.0 Å². The number of halogens is 5. The van der Waals surface area contributed by atoms with Gasteiger partial charge in [-0.05, 0) is 25.9 Å². The Morgan fingerprint density at radius 2 is 1.67 bits per heavy atom. The SMILES string of the molecule is FC1(F)CC=C(S)C(F)(C2CCNCC2)C1(F)F. The van der Waals surface area contributed by atoms with Crippen LogP contribution in [0.2, 0.25) is 0 Å². The molecule has 7 heteroatoms. The van der Waals surface area contributed by atoms with Crippen LogP contribution in [0.15, 0.2) is 11.0 Å². The van der Waals surface area contributed by atoms with Crippen LogP contribution in [0, 0.1) is 5.92 Å². The smallest absolute Gasteiger partial charge is 0.317 e. The summed E-state index contributed by atoms with van der Waals surface area (Å²) in [6, 6.07) is 0. The number of hydrogen-bond acceptors (Lipinski definition) is 2. The summed E-state index contributed by atoms with van der Waals surface area (Å²) in [5, 5.41) is 2.89. The zero-order chi connectivity index (χ0) is 13.6. The Morgan fingerprint density at radius 3 is 2.22 bits per heavy atom. The molecule has 18 heavy (non-hydrogen) atoms. The fourth-order valence-corrected chi connectivity index (χ4v) is 3.03. The van der Waals surface area contributed by atoms with E-state index in [9.17, 15) is 22.0 Å². The highest BCUT2D eigenvalue weighted by Gasteiger charge is 2.74. The van der Waals surface area contributed by atoms with Crippen LogP contribution in [0.3, 0.4) is 0 Å². The van der Waals surface area contributed by atoms with Crippen LogP contribution in [-0.2, 0) is 0 Å². The lowest BCUT2D eigenvalue weighted by Gasteiger charge is -2.46. The molecule has 0 aromatic rings. The van der Waals surface area contributed by atoms with Gasteiger partial charge in [0.25, 0.3) is 0 Å². The third-order valence-corrected chi connectivity index (χ3v) is 4.25. The van der Waals surface area contributed by atoms with E-state index in [2.05, 4.69) is 17.9 Å².